The summed E-state index contributed by atoms with van der Waals surface area (Å²) in [6.07, 6.45) is 10.8. The lowest BCUT2D eigenvalue weighted by Crippen LogP contribution is -2.27. The number of unbranched alkanes of at least 4 members (excludes halogenated alkanes) is 2. The molecule has 1 fully saturated rings. The molecule has 0 aliphatic heterocycles. The molecule has 5 heteroatoms. The van der Waals surface area contributed by atoms with Gasteiger partial charge >= 0.3 is 11.9 Å². The van der Waals surface area contributed by atoms with Crippen LogP contribution in [0.5, 0.6) is 0 Å². The van der Waals surface area contributed by atoms with Gasteiger partial charge in [0.25, 0.3) is 0 Å². The molecule has 3 aromatic carbocycles. The van der Waals surface area contributed by atoms with Crippen molar-refractivity contribution in [1.29, 1.82) is 0 Å². The monoisotopic (exact) mass is 664 g/mol. The molecule has 3 aromatic rings. The van der Waals surface area contributed by atoms with E-state index in [9.17, 15) is 9.59 Å². The lowest BCUT2D eigenvalue weighted by atomic mass is 9.73. The molecule has 1 aliphatic rings. The van der Waals surface area contributed by atoms with Crippen LogP contribution in [0.2, 0.25) is 0 Å². The van der Waals surface area contributed by atoms with Crippen molar-refractivity contribution in [2.75, 3.05) is 19.8 Å². The Morgan fingerprint density at radius 2 is 1.53 bits per heavy atom. The van der Waals surface area contributed by atoms with Gasteiger partial charge < -0.3 is 14.6 Å². The minimum absolute atomic E-state index is 0.0354. The molecule has 1 atom stereocenters. The Hall–Kier alpha value is -3.96. The highest BCUT2D eigenvalue weighted by Gasteiger charge is 2.30. The first-order valence-corrected chi connectivity index (χ1v) is 18.3. The maximum Gasteiger partial charge on any atom is 0.335 e. The van der Waals surface area contributed by atoms with Gasteiger partial charge in [0.2, 0.25) is 0 Å². The number of aryl methyl sites for hydroxylation is 3. The minimum atomic E-state index is -0.591. The minimum Gasteiger partial charge on any atom is -0.462 e. The summed E-state index contributed by atoms with van der Waals surface area (Å²) in [6.45, 7) is 15.6. The second kappa shape index (κ2) is 18.7. The zero-order chi connectivity index (χ0) is 35.3. The highest BCUT2D eigenvalue weighted by molar-refractivity contribution is 5.88. The summed E-state index contributed by atoms with van der Waals surface area (Å²) in [7, 11) is 0. The van der Waals surface area contributed by atoms with Crippen molar-refractivity contribution in [2.24, 2.45) is 11.8 Å². The highest BCUT2D eigenvalue weighted by atomic mass is 16.5. The standard InChI is InChI=1S/C44H56O5/c1-7-9-10-11-34-18-21-40(27-33(34)8-2)36-16-19-38(20-17-36)42-23-22-39(26-31(42)5)35-12-14-37(15-13-35)41(29-49-43(46)30(3)4)24-25-48-44(47)32(6)28-45/h16-23,26-27,35,37,41,45H,3,6-15,24-25,28-29H2,1-2,4-5H3. The van der Waals surface area contributed by atoms with E-state index in [4.69, 9.17) is 14.6 Å². The molecule has 1 saturated carbocycles. The molecule has 0 radical (unpaired) electrons. The molecule has 0 heterocycles. The molecule has 262 valence electrons. The Labute approximate surface area is 294 Å². The van der Waals surface area contributed by atoms with Crippen molar-refractivity contribution in [3.63, 3.8) is 0 Å². The number of rotatable bonds is 17. The van der Waals surface area contributed by atoms with Crippen LogP contribution in [0.15, 0.2) is 85.0 Å². The van der Waals surface area contributed by atoms with Gasteiger partial charge in [-0.15, -0.1) is 0 Å². The second-order valence-electron chi connectivity index (χ2n) is 13.9. The molecule has 0 spiro atoms. The van der Waals surface area contributed by atoms with E-state index in [1.807, 2.05) is 0 Å². The van der Waals surface area contributed by atoms with E-state index < -0.39 is 18.5 Å². The normalized spacial score (nSPS) is 16.5. The lowest BCUT2D eigenvalue weighted by Gasteiger charge is -2.34. The Balaban J connectivity index is 1.38. The molecule has 0 amide bonds. The van der Waals surface area contributed by atoms with Crippen molar-refractivity contribution in [2.45, 2.75) is 97.8 Å². The molecular weight excluding hydrogens is 608 g/mol. The Kier molecular flexibility index (Phi) is 14.5. The summed E-state index contributed by atoms with van der Waals surface area (Å²) in [5.41, 5.74) is 11.1. The highest BCUT2D eigenvalue weighted by Crippen LogP contribution is 2.41. The van der Waals surface area contributed by atoms with E-state index >= 15 is 0 Å². The SMILES string of the molecule is C=C(C)C(=O)OCC(CCOC(=O)C(=C)CO)C1CCC(c2ccc(-c3ccc(-c4ccc(CCCCC)c(CC)c4)cc3)c(C)c2)CC1. The summed E-state index contributed by atoms with van der Waals surface area (Å²) in [4.78, 5) is 24.1. The molecular formula is C44H56O5. The maximum absolute atomic E-state index is 12.1. The van der Waals surface area contributed by atoms with Crippen LogP contribution in [0.3, 0.4) is 0 Å². The molecule has 49 heavy (non-hydrogen) atoms. The average Bonchev–Trinajstić information content (AvgIpc) is 3.12. The largest absolute Gasteiger partial charge is 0.462 e. The number of esters is 2. The molecule has 0 bridgehead atoms. The Morgan fingerprint density at radius 1 is 0.837 bits per heavy atom. The quantitative estimate of drug-likeness (QED) is 0.0883. The number of benzene rings is 3. The fourth-order valence-corrected chi connectivity index (χ4v) is 7.21. The number of hydrogen-bond donors (Lipinski definition) is 1. The van der Waals surface area contributed by atoms with E-state index in [2.05, 4.69) is 94.6 Å². The average molecular weight is 665 g/mol. The predicted molar refractivity (Wildman–Crippen MR) is 200 cm³/mol. The van der Waals surface area contributed by atoms with E-state index in [1.54, 1.807) is 6.92 Å². The van der Waals surface area contributed by atoms with Crippen LogP contribution >= 0.6 is 0 Å². The Morgan fingerprint density at radius 3 is 2.16 bits per heavy atom. The maximum atomic E-state index is 12.1. The number of carbonyl (C=O) groups is 2. The number of aliphatic hydroxyl groups is 1. The summed E-state index contributed by atoms with van der Waals surface area (Å²) >= 11 is 0. The molecule has 1 N–H and O–H groups in total. The van der Waals surface area contributed by atoms with Gasteiger partial charge in [-0.05, 0) is 127 Å². The molecule has 1 unspecified atom stereocenters. The number of ether oxygens (including phenoxy) is 2. The van der Waals surface area contributed by atoms with Gasteiger partial charge in [0.1, 0.15) is 0 Å². The first-order chi connectivity index (χ1) is 23.6. The van der Waals surface area contributed by atoms with Gasteiger partial charge in [-0.25, -0.2) is 9.59 Å². The first kappa shape index (κ1) is 37.9. The number of carbonyl (C=O) groups excluding carboxylic acids is 2. The van der Waals surface area contributed by atoms with Gasteiger partial charge in [-0.1, -0.05) is 101 Å². The van der Waals surface area contributed by atoms with Gasteiger partial charge in [0.15, 0.2) is 0 Å². The number of hydrogen-bond acceptors (Lipinski definition) is 5. The zero-order valence-corrected chi connectivity index (χ0v) is 30.2. The van der Waals surface area contributed by atoms with Crippen LogP contribution in [0, 0.1) is 18.8 Å². The van der Waals surface area contributed by atoms with Crippen LogP contribution in [0.1, 0.15) is 100 Å². The van der Waals surface area contributed by atoms with Crippen molar-refractivity contribution < 1.29 is 24.2 Å². The summed E-state index contributed by atoms with van der Waals surface area (Å²) in [6, 6.07) is 22.9. The molecule has 4 rings (SSSR count). The fourth-order valence-electron chi connectivity index (χ4n) is 7.21. The van der Waals surface area contributed by atoms with E-state index in [0.717, 1.165) is 32.1 Å². The van der Waals surface area contributed by atoms with E-state index in [0.29, 0.717) is 23.8 Å². The molecule has 0 aromatic heterocycles. The van der Waals surface area contributed by atoms with E-state index in [1.165, 1.54) is 70.2 Å². The van der Waals surface area contributed by atoms with Gasteiger partial charge in [-0.2, -0.15) is 0 Å². The van der Waals surface area contributed by atoms with Crippen molar-refractivity contribution >= 4 is 11.9 Å². The Bertz CT molecular complexity index is 1580. The van der Waals surface area contributed by atoms with Crippen molar-refractivity contribution in [3.8, 4) is 22.3 Å². The van der Waals surface area contributed by atoms with Crippen LogP contribution in [-0.2, 0) is 31.9 Å². The van der Waals surface area contributed by atoms with Crippen molar-refractivity contribution in [3.05, 3.63) is 107 Å². The van der Waals surface area contributed by atoms with Gasteiger partial charge in [-0.3, -0.25) is 0 Å². The molecule has 1 aliphatic carbocycles. The number of aliphatic hydroxyl groups excluding tert-OH is 1. The van der Waals surface area contributed by atoms with Crippen LogP contribution in [-0.4, -0.2) is 36.9 Å². The second-order valence-corrected chi connectivity index (χ2v) is 13.9. The lowest BCUT2D eigenvalue weighted by molar-refractivity contribution is -0.144. The van der Waals surface area contributed by atoms with Gasteiger partial charge in [0.05, 0.1) is 25.4 Å². The third-order valence-electron chi connectivity index (χ3n) is 10.3. The van der Waals surface area contributed by atoms with Crippen LogP contribution in [0.25, 0.3) is 22.3 Å². The summed E-state index contributed by atoms with van der Waals surface area (Å²) in [5, 5.41) is 9.15. The smallest absolute Gasteiger partial charge is 0.335 e. The fraction of sp³-hybridized carbons (Fsp3) is 0.455. The van der Waals surface area contributed by atoms with Crippen molar-refractivity contribution in [1.82, 2.24) is 0 Å². The third kappa shape index (κ3) is 10.5. The summed E-state index contributed by atoms with van der Waals surface area (Å²) in [5.74, 6) is -0.0744. The third-order valence-corrected chi connectivity index (χ3v) is 10.3. The van der Waals surface area contributed by atoms with Crippen LogP contribution in [0.4, 0.5) is 0 Å². The predicted octanol–water partition coefficient (Wildman–Crippen LogP) is 10.1. The van der Waals surface area contributed by atoms with E-state index in [-0.39, 0.29) is 24.7 Å². The van der Waals surface area contributed by atoms with Crippen LogP contribution < -0.4 is 0 Å². The summed E-state index contributed by atoms with van der Waals surface area (Å²) < 4.78 is 10.9. The topological polar surface area (TPSA) is 72.8 Å². The molecule has 5 nitrogen and oxygen atoms in total. The zero-order valence-electron chi connectivity index (χ0n) is 30.2. The van der Waals surface area contributed by atoms with Gasteiger partial charge in [0, 0.05) is 5.57 Å². The first-order valence-electron chi connectivity index (χ1n) is 18.3. The molecule has 0 saturated heterocycles.